The van der Waals surface area contributed by atoms with Crippen LogP contribution in [-0.2, 0) is 0 Å². The summed E-state index contributed by atoms with van der Waals surface area (Å²) in [6.07, 6.45) is 4.59. The van der Waals surface area contributed by atoms with E-state index in [-0.39, 0.29) is 12.0 Å². The number of β-amino-alcohol motifs (C(OH)–C–C–N with tert-alkyl or cyclic N) is 1. The highest BCUT2D eigenvalue weighted by Gasteiger charge is 2.37. The number of pyridine rings is 1. The largest absolute Gasteiger partial charge is 0.392 e. The molecule has 4 atom stereocenters. The van der Waals surface area contributed by atoms with Crippen LogP contribution in [0.4, 0.5) is 5.82 Å². The molecule has 0 amide bonds. The number of nitrogens with one attached hydrogen (secondary N) is 1. The first-order valence-electron chi connectivity index (χ1n) is 11.2. The molecule has 0 spiro atoms. The highest BCUT2D eigenvalue weighted by atomic mass is 16.3. The molecule has 0 saturated carbocycles. The van der Waals surface area contributed by atoms with Crippen molar-refractivity contribution in [3.05, 3.63) is 47.2 Å². The molecule has 160 valence electrons. The molecule has 0 radical (unpaired) electrons. The Morgan fingerprint density at radius 2 is 1.97 bits per heavy atom. The van der Waals surface area contributed by atoms with Gasteiger partial charge in [0.05, 0.1) is 11.8 Å². The summed E-state index contributed by atoms with van der Waals surface area (Å²) in [6, 6.07) is 6.78. The monoisotopic (exact) mass is 408 g/mol. The van der Waals surface area contributed by atoms with Gasteiger partial charge in [-0.05, 0) is 44.9 Å². The Hall–Kier alpha value is -2.09. The first-order valence-corrected chi connectivity index (χ1v) is 11.2. The number of aliphatic hydroxyl groups excluding tert-OH is 1. The third-order valence-electron chi connectivity index (χ3n) is 7.02. The van der Waals surface area contributed by atoms with E-state index in [1.165, 1.54) is 11.3 Å². The molecule has 3 unspecified atom stereocenters. The van der Waals surface area contributed by atoms with Gasteiger partial charge in [0.25, 0.3) is 0 Å². The van der Waals surface area contributed by atoms with Gasteiger partial charge >= 0.3 is 0 Å². The fourth-order valence-corrected chi connectivity index (χ4v) is 5.38. The van der Waals surface area contributed by atoms with Crippen LogP contribution in [0.3, 0.4) is 0 Å². The van der Waals surface area contributed by atoms with Crippen molar-refractivity contribution in [2.75, 3.05) is 44.7 Å². The predicted octanol–water partition coefficient (Wildman–Crippen LogP) is 1.66. The summed E-state index contributed by atoms with van der Waals surface area (Å²) in [5.41, 5.74) is 3.58. The summed E-state index contributed by atoms with van der Waals surface area (Å²) >= 11 is 0. The van der Waals surface area contributed by atoms with Crippen LogP contribution < -0.4 is 10.2 Å². The van der Waals surface area contributed by atoms with Crippen molar-refractivity contribution in [3.63, 3.8) is 0 Å². The van der Waals surface area contributed by atoms with Crippen LogP contribution in [0.2, 0.25) is 0 Å². The van der Waals surface area contributed by atoms with Gasteiger partial charge in [-0.2, -0.15) is 0 Å². The molecule has 7 heteroatoms. The average Bonchev–Trinajstić information content (AvgIpc) is 3.19. The van der Waals surface area contributed by atoms with E-state index in [1.54, 1.807) is 0 Å². The summed E-state index contributed by atoms with van der Waals surface area (Å²) in [5.74, 6) is 2.51. The van der Waals surface area contributed by atoms with Gasteiger partial charge < -0.3 is 20.2 Å². The number of anilines is 1. The molecule has 4 heterocycles. The summed E-state index contributed by atoms with van der Waals surface area (Å²) in [6.45, 7) is 6.84. The lowest BCUT2D eigenvalue weighted by molar-refractivity contribution is 0.191. The second-order valence-corrected chi connectivity index (χ2v) is 9.11. The van der Waals surface area contributed by atoms with Crippen LogP contribution in [-0.4, -0.2) is 76.9 Å². The maximum atomic E-state index is 10.0. The number of hydrogen-bond acceptors (Lipinski definition) is 7. The van der Waals surface area contributed by atoms with Gasteiger partial charge in [-0.3, -0.25) is 4.98 Å². The lowest BCUT2D eigenvalue weighted by Gasteiger charge is -2.35. The number of aliphatic hydroxyl groups is 1. The van der Waals surface area contributed by atoms with Crippen molar-refractivity contribution >= 4 is 5.82 Å². The molecule has 5 rings (SSSR count). The Morgan fingerprint density at radius 3 is 2.73 bits per heavy atom. The van der Waals surface area contributed by atoms with E-state index in [2.05, 4.69) is 34.3 Å². The average molecular weight is 409 g/mol. The molecule has 1 aliphatic carbocycles. The van der Waals surface area contributed by atoms with Crippen LogP contribution >= 0.6 is 0 Å². The SMILES string of the molecule is Cc1nc([C@@H]2CCC(C3CC(O)CN3)c3ncccc32)cc(N2CCN(C)CC2)n1. The number of piperazine rings is 1. The first kappa shape index (κ1) is 19.8. The van der Waals surface area contributed by atoms with Gasteiger partial charge in [-0.15, -0.1) is 0 Å². The van der Waals surface area contributed by atoms with E-state index in [9.17, 15) is 5.11 Å². The molecular formula is C23H32N6O. The van der Waals surface area contributed by atoms with Crippen LogP contribution in [0.1, 0.15) is 53.9 Å². The molecule has 2 N–H and O–H groups in total. The standard InChI is InChI=1S/C23H32N6O/c1-15-26-21(13-22(27-15)29-10-8-28(2)9-11-29)17-5-6-19(20-12-16(30)14-25-20)23-18(17)4-3-7-24-23/h3-4,7,13,16-17,19-20,25,30H,5-6,8-12,14H2,1-2H3/t16?,17-,19?,20?/m1/s1. The van der Waals surface area contributed by atoms with Crippen molar-refractivity contribution in [1.29, 1.82) is 0 Å². The Morgan fingerprint density at radius 1 is 1.13 bits per heavy atom. The third-order valence-corrected chi connectivity index (χ3v) is 7.02. The minimum absolute atomic E-state index is 0.240. The van der Waals surface area contributed by atoms with Crippen molar-refractivity contribution in [2.45, 2.75) is 50.2 Å². The predicted molar refractivity (Wildman–Crippen MR) is 117 cm³/mol. The van der Waals surface area contributed by atoms with E-state index in [0.29, 0.717) is 18.5 Å². The summed E-state index contributed by atoms with van der Waals surface area (Å²) in [4.78, 5) is 19.2. The molecule has 0 aromatic carbocycles. The number of fused-ring (bicyclic) bond motifs is 1. The summed E-state index contributed by atoms with van der Waals surface area (Å²) in [5, 5.41) is 13.5. The number of aromatic nitrogens is 3. The zero-order chi connectivity index (χ0) is 20.7. The number of nitrogens with zero attached hydrogens (tertiary/aromatic N) is 5. The zero-order valence-electron chi connectivity index (χ0n) is 18.0. The maximum absolute atomic E-state index is 10.0. The fourth-order valence-electron chi connectivity index (χ4n) is 5.38. The van der Waals surface area contributed by atoms with Crippen LogP contribution in [0, 0.1) is 6.92 Å². The summed E-state index contributed by atoms with van der Waals surface area (Å²) < 4.78 is 0. The molecule has 2 aromatic rings. The molecule has 7 nitrogen and oxygen atoms in total. The van der Waals surface area contributed by atoms with Gasteiger partial charge in [-0.1, -0.05) is 6.07 Å². The fraction of sp³-hybridized carbons (Fsp3) is 0.609. The highest BCUT2D eigenvalue weighted by molar-refractivity contribution is 5.45. The minimum Gasteiger partial charge on any atom is -0.392 e. The quantitative estimate of drug-likeness (QED) is 0.800. The van der Waals surface area contributed by atoms with E-state index >= 15 is 0 Å². The molecule has 2 aliphatic heterocycles. The van der Waals surface area contributed by atoms with Crippen molar-refractivity contribution in [1.82, 2.24) is 25.2 Å². The number of aryl methyl sites for hydroxylation is 1. The van der Waals surface area contributed by atoms with Gasteiger partial charge in [0.2, 0.25) is 0 Å². The van der Waals surface area contributed by atoms with Crippen LogP contribution in [0.5, 0.6) is 0 Å². The lowest BCUT2D eigenvalue weighted by Crippen LogP contribution is -2.45. The molecule has 2 saturated heterocycles. The zero-order valence-corrected chi connectivity index (χ0v) is 18.0. The first-order chi connectivity index (χ1) is 14.6. The van der Waals surface area contributed by atoms with E-state index in [4.69, 9.17) is 15.0 Å². The summed E-state index contributed by atoms with van der Waals surface area (Å²) in [7, 11) is 2.18. The van der Waals surface area contributed by atoms with Crippen LogP contribution in [0.15, 0.2) is 24.4 Å². The minimum atomic E-state index is -0.240. The van der Waals surface area contributed by atoms with Crippen molar-refractivity contribution in [2.24, 2.45) is 0 Å². The molecule has 30 heavy (non-hydrogen) atoms. The lowest BCUT2D eigenvalue weighted by atomic mass is 9.75. The third kappa shape index (κ3) is 3.82. The van der Waals surface area contributed by atoms with E-state index in [1.807, 2.05) is 19.2 Å². The van der Waals surface area contributed by atoms with Gasteiger partial charge in [0.15, 0.2) is 0 Å². The second-order valence-electron chi connectivity index (χ2n) is 9.11. The van der Waals surface area contributed by atoms with E-state index < -0.39 is 0 Å². The molecule has 0 bridgehead atoms. The molecular weight excluding hydrogens is 376 g/mol. The number of rotatable bonds is 3. The topological polar surface area (TPSA) is 77.4 Å². The van der Waals surface area contributed by atoms with Gasteiger partial charge in [-0.25, -0.2) is 9.97 Å². The Bertz CT molecular complexity index is 897. The van der Waals surface area contributed by atoms with Gasteiger partial charge in [0, 0.05) is 68.6 Å². The van der Waals surface area contributed by atoms with Gasteiger partial charge in [0.1, 0.15) is 11.6 Å². The smallest absolute Gasteiger partial charge is 0.132 e. The van der Waals surface area contributed by atoms with Crippen LogP contribution in [0.25, 0.3) is 0 Å². The van der Waals surface area contributed by atoms with E-state index in [0.717, 1.165) is 62.8 Å². The maximum Gasteiger partial charge on any atom is 0.132 e. The molecule has 2 aromatic heterocycles. The molecule has 2 fully saturated rings. The van der Waals surface area contributed by atoms with Crippen molar-refractivity contribution in [3.8, 4) is 0 Å². The Labute approximate surface area is 178 Å². The van der Waals surface area contributed by atoms with Crippen molar-refractivity contribution < 1.29 is 5.11 Å². The number of likely N-dealkylation sites (N-methyl/N-ethyl adjacent to an activating group) is 1. The molecule has 3 aliphatic rings. The highest BCUT2D eigenvalue weighted by Crippen LogP contribution is 2.43. The normalized spacial score (nSPS) is 29.8. The Balaban J connectivity index is 1.45. The second kappa shape index (κ2) is 8.21. The number of hydrogen-bond donors (Lipinski definition) is 2. The Kier molecular flexibility index (Phi) is 5.43.